The smallest absolute Gasteiger partial charge is 0.412 e. The molecule has 1 atom stereocenters. The number of nitrogens with zero attached hydrogens (tertiary/aromatic N) is 3. The van der Waals surface area contributed by atoms with Crippen LogP contribution in [0.25, 0.3) is 10.8 Å². The largest absolute Gasteiger partial charge is 0.444 e. The summed E-state index contributed by atoms with van der Waals surface area (Å²) in [4.78, 5) is 70.2. The number of benzene rings is 2. The van der Waals surface area contributed by atoms with Gasteiger partial charge >= 0.3 is 6.09 Å². The zero-order valence-corrected chi connectivity index (χ0v) is 35.1. The highest BCUT2D eigenvalue weighted by atomic mass is 19.1. The Bertz CT molecular complexity index is 2230. The molecule has 326 valence electrons. The van der Waals surface area contributed by atoms with Gasteiger partial charge in [0.1, 0.15) is 11.4 Å². The summed E-state index contributed by atoms with van der Waals surface area (Å²) in [7, 11) is 0. The van der Waals surface area contributed by atoms with Gasteiger partial charge in [-0.05, 0) is 107 Å². The number of nitrogens with one attached hydrogen (secondary N) is 7. The van der Waals surface area contributed by atoms with Crippen molar-refractivity contribution in [1.82, 2.24) is 46.7 Å². The van der Waals surface area contributed by atoms with Crippen molar-refractivity contribution >= 4 is 40.3 Å². The second-order valence-electron chi connectivity index (χ2n) is 16.6. The van der Waals surface area contributed by atoms with Crippen molar-refractivity contribution in [2.45, 2.75) is 64.4 Å². The molecule has 7 N–H and O–H groups in total. The van der Waals surface area contributed by atoms with E-state index in [0.717, 1.165) is 50.9 Å². The first-order valence-electron chi connectivity index (χ1n) is 21.1. The molecule has 0 radical (unpaired) electrons. The topological polar surface area (TPSA) is 212 Å². The lowest BCUT2D eigenvalue weighted by molar-refractivity contribution is -0.120. The van der Waals surface area contributed by atoms with Gasteiger partial charge in [-0.25, -0.2) is 19.3 Å². The number of rotatable bonds is 16. The van der Waals surface area contributed by atoms with Crippen molar-refractivity contribution in [1.29, 1.82) is 0 Å². The molecule has 1 unspecified atom stereocenters. The third-order valence-electron chi connectivity index (χ3n) is 10.8. The molecule has 4 aromatic rings. The molecular weight excluding hydrogens is 784 g/mol. The quantitative estimate of drug-likeness (QED) is 0.0813. The lowest BCUT2D eigenvalue weighted by Gasteiger charge is -2.32. The Kier molecular flexibility index (Phi) is 15.5. The van der Waals surface area contributed by atoms with Crippen molar-refractivity contribution in [3.05, 3.63) is 99.0 Å². The van der Waals surface area contributed by atoms with Crippen LogP contribution in [0.3, 0.4) is 0 Å². The molecule has 16 nitrogen and oxygen atoms in total. The van der Waals surface area contributed by atoms with E-state index in [-0.39, 0.29) is 60.6 Å². The van der Waals surface area contributed by atoms with E-state index in [9.17, 15) is 28.4 Å². The summed E-state index contributed by atoms with van der Waals surface area (Å²) in [6.07, 6.45) is 5.09. The van der Waals surface area contributed by atoms with Gasteiger partial charge in [0.15, 0.2) is 5.69 Å². The van der Waals surface area contributed by atoms with Gasteiger partial charge in [0.2, 0.25) is 5.91 Å². The van der Waals surface area contributed by atoms with Gasteiger partial charge in [-0.3, -0.25) is 24.5 Å². The number of anilines is 1. The van der Waals surface area contributed by atoms with Gasteiger partial charge < -0.3 is 36.2 Å². The zero-order valence-electron chi connectivity index (χ0n) is 35.1. The lowest BCUT2D eigenvalue weighted by atomic mass is 9.92. The number of carbonyl (C=O) groups is 4. The number of ether oxygens (including phenoxy) is 1. The van der Waals surface area contributed by atoms with Crippen LogP contribution in [0.1, 0.15) is 90.0 Å². The first kappa shape index (κ1) is 44.8. The first-order chi connectivity index (χ1) is 29.3. The van der Waals surface area contributed by atoms with Crippen LogP contribution in [0, 0.1) is 11.7 Å². The van der Waals surface area contributed by atoms with E-state index >= 15 is 0 Å². The molecule has 2 saturated heterocycles. The van der Waals surface area contributed by atoms with Crippen molar-refractivity contribution in [2.24, 2.45) is 5.92 Å². The maximum atomic E-state index is 14.6. The molecule has 0 aliphatic carbocycles. The van der Waals surface area contributed by atoms with Crippen LogP contribution in [0.2, 0.25) is 0 Å². The third kappa shape index (κ3) is 12.9. The zero-order chi connectivity index (χ0) is 43.4. The highest BCUT2D eigenvalue weighted by molar-refractivity contribution is 6.01. The summed E-state index contributed by atoms with van der Waals surface area (Å²) in [5.74, 6) is -1.11. The molecule has 0 bridgehead atoms. The molecular formula is C44H57FN10O6. The van der Waals surface area contributed by atoms with Crippen molar-refractivity contribution < 1.29 is 28.3 Å². The van der Waals surface area contributed by atoms with E-state index in [1.54, 1.807) is 56.1 Å². The number of hydrogen-bond donors (Lipinski definition) is 7. The number of halogens is 1. The second kappa shape index (κ2) is 21.1. The minimum absolute atomic E-state index is 0.0948. The number of hydrogen-bond acceptors (Lipinski definition) is 11. The first-order valence-corrected chi connectivity index (χ1v) is 21.1. The lowest BCUT2D eigenvalue weighted by Crippen LogP contribution is -2.43. The average Bonchev–Trinajstić information content (AvgIpc) is 3.25. The Hall–Kier alpha value is -5.78. The molecule has 4 heterocycles. The van der Waals surface area contributed by atoms with Gasteiger partial charge in [0.05, 0.1) is 28.9 Å². The minimum atomic E-state index is -0.693. The summed E-state index contributed by atoms with van der Waals surface area (Å²) >= 11 is 0. The fraction of sp³-hybridized carbons (Fsp3) is 0.477. The van der Waals surface area contributed by atoms with Gasteiger partial charge in [0, 0.05) is 63.8 Å². The molecule has 2 aromatic heterocycles. The van der Waals surface area contributed by atoms with E-state index in [1.165, 1.54) is 12.1 Å². The summed E-state index contributed by atoms with van der Waals surface area (Å²) in [6, 6.07) is 13.2. The molecule has 6 rings (SSSR count). The van der Waals surface area contributed by atoms with E-state index in [4.69, 9.17) is 4.74 Å². The molecule has 61 heavy (non-hydrogen) atoms. The Morgan fingerprint density at radius 3 is 2.44 bits per heavy atom. The van der Waals surface area contributed by atoms with E-state index in [2.05, 4.69) is 47.1 Å². The van der Waals surface area contributed by atoms with Gasteiger partial charge in [-0.1, -0.05) is 24.3 Å². The average molecular weight is 841 g/mol. The maximum absolute atomic E-state index is 14.6. The predicted octanol–water partition coefficient (Wildman–Crippen LogP) is 3.44. The van der Waals surface area contributed by atoms with Crippen LogP contribution in [0.5, 0.6) is 0 Å². The predicted molar refractivity (Wildman–Crippen MR) is 230 cm³/mol. The van der Waals surface area contributed by atoms with Crippen LogP contribution < -0.4 is 37.5 Å². The van der Waals surface area contributed by atoms with Crippen LogP contribution in [0.15, 0.2) is 59.5 Å². The SMILES string of the molecule is CC(C)(C)OC(=O)Nc1cc(C2CCCNC2)cnc1C(=O)N1CCC(CNCCNCC(=O)NCCNC(=O)c2cc(Cc3n[nH]c(=O)c4ccccc34)ccc2F)CC1. The summed E-state index contributed by atoms with van der Waals surface area (Å²) in [6.45, 7) is 10.7. The highest BCUT2D eigenvalue weighted by Gasteiger charge is 2.28. The Morgan fingerprint density at radius 1 is 0.934 bits per heavy atom. The Balaban J connectivity index is 0.859. The third-order valence-corrected chi connectivity index (χ3v) is 10.8. The molecule has 4 amide bonds. The molecule has 17 heteroatoms. The van der Waals surface area contributed by atoms with Crippen LogP contribution >= 0.6 is 0 Å². The molecule has 0 saturated carbocycles. The fourth-order valence-corrected chi connectivity index (χ4v) is 7.59. The Morgan fingerprint density at radius 2 is 1.69 bits per heavy atom. The number of H-pyrrole nitrogens is 1. The normalized spacial score (nSPS) is 15.9. The molecule has 0 spiro atoms. The summed E-state index contributed by atoms with van der Waals surface area (Å²) < 4.78 is 20.1. The van der Waals surface area contributed by atoms with Crippen molar-refractivity contribution in [2.75, 3.05) is 70.8 Å². The number of amides is 4. The number of likely N-dealkylation sites (tertiary alicyclic amines) is 1. The number of aromatic amines is 1. The monoisotopic (exact) mass is 840 g/mol. The maximum Gasteiger partial charge on any atom is 0.412 e. The summed E-state index contributed by atoms with van der Waals surface area (Å²) in [5.41, 5.74) is 1.67. The standard InChI is InChI=1S/C44H57FN10O6/c1-44(2,3)61-43(60)52-37-23-31(30-7-6-14-46-25-30)26-51-39(37)42(59)55-19-12-28(13-20-55)24-47-15-16-48-27-38(56)49-17-18-50-40(57)34-21-29(10-11-35(34)45)22-36-32-8-4-5-9-33(32)41(58)54-53-36/h4-5,8-11,21,23,26,28,30,46-48H,6-7,12-20,22,24-25,27H2,1-3H3,(H,49,56)(H,50,57)(H,52,60)(H,54,58). The summed E-state index contributed by atoms with van der Waals surface area (Å²) in [5, 5.41) is 26.0. The van der Waals surface area contributed by atoms with Gasteiger partial charge in [0.25, 0.3) is 17.4 Å². The molecule has 2 aliphatic heterocycles. The van der Waals surface area contributed by atoms with Crippen LogP contribution in [0.4, 0.5) is 14.9 Å². The number of carbonyl (C=O) groups excluding carboxylic acids is 4. The van der Waals surface area contributed by atoms with E-state index in [1.807, 2.05) is 12.1 Å². The van der Waals surface area contributed by atoms with Crippen molar-refractivity contribution in [3.63, 3.8) is 0 Å². The van der Waals surface area contributed by atoms with Crippen LogP contribution in [-0.2, 0) is 16.0 Å². The van der Waals surface area contributed by atoms with E-state index < -0.39 is 23.4 Å². The fourth-order valence-electron chi connectivity index (χ4n) is 7.59. The van der Waals surface area contributed by atoms with Crippen molar-refractivity contribution in [3.8, 4) is 0 Å². The minimum Gasteiger partial charge on any atom is -0.444 e. The van der Waals surface area contributed by atoms with Crippen LogP contribution in [-0.4, -0.2) is 115 Å². The number of piperidine rings is 2. The highest BCUT2D eigenvalue weighted by Crippen LogP contribution is 2.28. The molecule has 2 aliphatic rings. The Labute approximate surface area is 354 Å². The second-order valence-corrected chi connectivity index (χ2v) is 16.6. The van der Waals surface area contributed by atoms with Gasteiger partial charge in [-0.2, -0.15) is 5.10 Å². The van der Waals surface area contributed by atoms with Gasteiger partial charge in [-0.15, -0.1) is 0 Å². The van der Waals surface area contributed by atoms with E-state index in [0.29, 0.717) is 59.8 Å². The number of aromatic nitrogens is 3. The molecule has 2 fully saturated rings. The molecule has 2 aromatic carbocycles. The number of fused-ring (bicyclic) bond motifs is 1. The number of pyridine rings is 1.